The molecular weight excluding hydrogens is 708 g/mol. The van der Waals surface area contributed by atoms with Crippen LogP contribution < -0.4 is 25.6 Å². The Kier molecular flexibility index (Phi) is 13.0. The molecule has 6 rings (SSSR count). The smallest absolute Gasteiger partial charge is 0.270 e. The second-order valence-electron chi connectivity index (χ2n) is 14.1. The fourth-order valence-corrected chi connectivity index (χ4v) is 7.30. The van der Waals surface area contributed by atoms with Crippen LogP contribution in [0.15, 0.2) is 54.7 Å². The Bertz CT molecular complexity index is 1960. The van der Waals surface area contributed by atoms with Crippen LogP contribution in [0.2, 0.25) is 0 Å². The van der Waals surface area contributed by atoms with E-state index in [9.17, 15) is 19.2 Å². The molecule has 0 bridgehead atoms. The summed E-state index contributed by atoms with van der Waals surface area (Å²) in [7, 11) is 3.52. The molecule has 1 aliphatic carbocycles. The number of rotatable bonds is 16. The van der Waals surface area contributed by atoms with E-state index < -0.39 is 0 Å². The number of unbranched alkanes of at least 4 members (excludes halogenated alkanes) is 3. The highest BCUT2D eigenvalue weighted by Crippen LogP contribution is 2.35. The lowest BCUT2D eigenvalue weighted by atomic mass is 10.0. The number of hydrogen-bond acceptors (Lipinski definition) is 8. The highest BCUT2D eigenvalue weighted by molar-refractivity contribution is 6.29. The Labute approximate surface area is 320 Å². The van der Waals surface area contributed by atoms with Gasteiger partial charge in [0.05, 0.1) is 0 Å². The van der Waals surface area contributed by atoms with E-state index in [1.165, 1.54) is 0 Å². The first kappa shape index (κ1) is 38.6. The van der Waals surface area contributed by atoms with Crippen molar-refractivity contribution in [2.75, 3.05) is 56.4 Å². The summed E-state index contributed by atoms with van der Waals surface area (Å²) in [5.74, 6) is 0.480. The lowest BCUT2D eigenvalue weighted by Crippen LogP contribution is -2.36. The number of alkyl halides is 1. The van der Waals surface area contributed by atoms with Gasteiger partial charge in [0.1, 0.15) is 23.0 Å². The molecule has 1 aliphatic heterocycles. The molecule has 3 N–H and O–H groups in total. The number of nitrogens with one attached hydrogen (secondary N) is 3. The van der Waals surface area contributed by atoms with E-state index in [1.54, 1.807) is 48.3 Å². The fourth-order valence-electron chi connectivity index (χ4n) is 7.16. The van der Waals surface area contributed by atoms with Gasteiger partial charge in [-0.15, -0.1) is 11.6 Å². The van der Waals surface area contributed by atoms with Crippen molar-refractivity contribution in [1.29, 1.82) is 0 Å². The summed E-state index contributed by atoms with van der Waals surface area (Å²) < 4.78 is 7.79. The molecule has 13 nitrogen and oxygen atoms in total. The zero-order valence-corrected chi connectivity index (χ0v) is 31.8. The van der Waals surface area contributed by atoms with E-state index in [4.69, 9.17) is 21.3 Å². The molecule has 14 heteroatoms. The lowest BCUT2D eigenvalue weighted by Gasteiger charge is -2.29. The van der Waals surface area contributed by atoms with Crippen LogP contribution in [0.25, 0.3) is 11.0 Å². The first-order valence-corrected chi connectivity index (χ1v) is 19.4. The Morgan fingerprint density at radius 3 is 2.39 bits per heavy atom. The molecule has 2 aliphatic rings. The van der Waals surface area contributed by atoms with Crippen LogP contribution in [-0.2, 0) is 16.0 Å². The predicted octanol–water partition coefficient (Wildman–Crippen LogP) is 6.00. The maximum Gasteiger partial charge on any atom is 0.270 e. The summed E-state index contributed by atoms with van der Waals surface area (Å²) in [5, 5.41) is 9.95. The molecule has 0 atom stereocenters. The van der Waals surface area contributed by atoms with E-state index in [0.717, 1.165) is 92.2 Å². The molecule has 0 radical (unpaired) electrons. The van der Waals surface area contributed by atoms with Crippen molar-refractivity contribution in [3.05, 3.63) is 71.5 Å². The number of aromatic nitrogens is 3. The molecule has 3 heterocycles. The quantitative estimate of drug-likeness (QED) is 0.0932. The number of ether oxygens (including phenoxy) is 1. The van der Waals surface area contributed by atoms with Crippen molar-refractivity contribution in [3.63, 3.8) is 0 Å². The van der Waals surface area contributed by atoms with Crippen molar-refractivity contribution in [3.8, 4) is 5.75 Å². The van der Waals surface area contributed by atoms with Crippen LogP contribution in [-0.4, -0.2) is 89.3 Å². The van der Waals surface area contributed by atoms with E-state index in [2.05, 4.69) is 25.5 Å². The summed E-state index contributed by atoms with van der Waals surface area (Å²) >= 11 is 5.75. The number of hydrogen-bond donors (Lipinski definition) is 3. The third kappa shape index (κ3) is 9.49. The third-order valence-corrected chi connectivity index (χ3v) is 10.2. The number of aryl methyl sites for hydroxylation is 1. The summed E-state index contributed by atoms with van der Waals surface area (Å²) in [6, 6.07) is 14.8. The summed E-state index contributed by atoms with van der Waals surface area (Å²) in [6.07, 6.45) is 11.3. The Hall–Kier alpha value is -5.17. The molecule has 0 unspecified atom stereocenters. The van der Waals surface area contributed by atoms with Gasteiger partial charge in [-0.2, -0.15) is 4.98 Å². The van der Waals surface area contributed by atoms with Crippen LogP contribution in [0.1, 0.15) is 90.2 Å². The van der Waals surface area contributed by atoms with Crippen molar-refractivity contribution >= 4 is 63.6 Å². The van der Waals surface area contributed by atoms with Crippen molar-refractivity contribution in [1.82, 2.24) is 30.1 Å². The van der Waals surface area contributed by atoms with Gasteiger partial charge >= 0.3 is 0 Å². The lowest BCUT2D eigenvalue weighted by molar-refractivity contribution is -0.123. The minimum atomic E-state index is -0.185. The number of amides is 4. The number of nitrogens with zero attached hydrogens (tertiary/aromatic N) is 5. The number of halogens is 1. The summed E-state index contributed by atoms with van der Waals surface area (Å²) in [4.78, 5) is 62.8. The topological polar surface area (TPSA) is 151 Å². The second kappa shape index (κ2) is 18.2. The van der Waals surface area contributed by atoms with E-state index in [-0.39, 0.29) is 42.2 Å². The monoisotopic (exact) mass is 756 g/mol. The van der Waals surface area contributed by atoms with Gasteiger partial charge in [0.2, 0.25) is 11.9 Å². The van der Waals surface area contributed by atoms with Gasteiger partial charge in [0.25, 0.3) is 17.7 Å². The standard InChI is InChI=1S/C40H49ClN8O5/c1-47(2)39(53)34-23-29-25-44-40(46-37(29)49(34)31-11-5-6-12-31)45-30-15-13-27(14-16-30)38(52)43-20-8-4-3-7-19-42-35(50)26-54-32-17-18-33-28(22-32)10-9-21-48(33)36(51)24-41/h13-18,22-23,25,31H,3-12,19-21,24,26H2,1-2H3,(H,42,50)(H,43,52)(H,44,45,46). The van der Waals surface area contributed by atoms with E-state index >= 15 is 0 Å². The van der Waals surface area contributed by atoms with Gasteiger partial charge in [-0.1, -0.05) is 25.7 Å². The Morgan fingerprint density at radius 1 is 0.926 bits per heavy atom. The van der Waals surface area contributed by atoms with Crippen LogP contribution >= 0.6 is 11.6 Å². The molecule has 54 heavy (non-hydrogen) atoms. The fraction of sp³-hybridized carbons (Fsp3) is 0.450. The maximum atomic E-state index is 13.0. The SMILES string of the molecule is CN(C)C(=O)c1cc2cnc(Nc3ccc(C(=O)NCCCCCCNC(=O)COc4ccc5c(c4)CCCN5C(=O)CCl)cc3)nc2n1C1CCCC1. The first-order valence-electron chi connectivity index (χ1n) is 18.9. The van der Waals surface area contributed by atoms with Gasteiger partial charge in [-0.05, 0) is 92.6 Å². The van der Waals surface area contributed by atoms with Gasteiger partial charge < -0.3 is 35.1 Å². The van der Waals surface area contributed by atoms with Crippen LogP contribution in [0.5, 0.6) is 5.75 Å². The van der Waals surface area contributed by atoms with Crippen molar-refractivity contribution in [2.24, 2.45) is 0 Å². The molecule has 2 aromatic carbocycles. The molecule has 286 valence electrons. The van der Waals surface area contributed by atoms with Crippen LogP contribution in [0.3, 0.4) is 0 Å². The summed E-state index contributed by atoms with van der Waals surface area (Å²) in [5.41, 5.74) is 4.56. The van der Waals surface area contributed by atoms with Crippen molar-refractivity contribution < 1.29 is 23.9 Å². The molecular formula is C40H49ClN8O5. The first-order chi connectivity index (χ1) is 26.2. The Morgan fingerprint density at radius 2 is 1.67 bits per heavy atom. The van der Waals surface area contributed by atoms with Gasteiger partial charge in [-0.25, -0.2) is 4.98 Å². The zero-order valence-electron chi connectivity index (χ0n) is 31.0. The van der Waals surface area contributed by atoms with Crippen LogP contribution in [0, 0.1) is 0 Å². The number of carbonyl (C=O) groups is 4. The van der Waals surface area contributed by atoms with Gasteiger partial charge in [0.15, 0.2) is 6.61 Å². The minimum absolute atomic E-state index is 0.0489. The number of anilines is 3. The third-order valence-electron chi connectivity index (χ3n) is 9.96. The van der Waals surface area contributed by atoms with Crippen LogP contribution in [0.4, 0.5) is 17.3 Å². The minimum Gasteiger partial charge on any atom is -0.484 e. The average molecular weight is 757 g/mol. The maximum absolute atomic E-state index is 13.0. The molecule has 2 aromatic heterocycles. The van der Waals surface area contributed by atoms with E-state index in [0.29, 0.717) is 42.6 Å². The predicted molar refractivity (Wildman–Crippen MR) is 210 cm³/mol. The number of benzene rings is 2. The number of fused-ring (bicyclic) bond motifs is 2. The zero-order chi connectivity index (χ0) is 38.0. The average Bonchev–Trinajstić information content (AvgIpc) is 3.85. The Balaban J connectivity index is 0.879. The molecule has 4 amide bonds. The second-order valence-corrected chi connectivity index (χ2v) is 14.4. The highest BCUT2D eigenvalue weighted by atomic mass is 35.5. The van der Waals surface area contributed by atoms with Gasteiger partial charge in [-0.3, -0.25) is 19.2 Å². The highest BCUT2D eigenvalue weighted by Gasteiger charge is 2.27. The number of carbonyl (C=O) groups excluding carboxylic acids is 4. The normalized spacial score (nSPS) is 14.1. The summed E-state index contributed by atoms with van der Waals surface area (Å²) in [6.45, 7) is 1.69. The molecule has 0 spiro atoms. The van der Waals surface area contributed by atoms with Gasteiger partial charge in [0, 0.05) is 68.3 Å². The molecule has 0 saturated heterocycles. The largest absolute Gasteiger partial charge is 0.484 e. The molecule has 1 saturated carbocycles. The molecule has 4 aromatic rings. The van der Waals surface area contributed by atoms with E-state index in [1.807, 2.05) is 30.3 Å². The van der Waals surface area contributed by atoms with Crippen molar-refractivity contribution in [2.45, 2.75) is 70.3 Å². The molecule has 1 fully saturated rings.